The minimum absolute atomic E-state index is 0.225. The fraction of sp³-hybridized carbons (Fsp3) is 0.267. The third-order valence-corrected chi connectivity index (χ3v) is 3.46. The Balaban J connectivity index is 1.70. The van der Waals surface area contributed by atoms with Gasteiger partial charge in [0.25, 0.3) is 0 Å². The molecule has 2 heterocycles. The zero-order chi connectivity index (χ0) is 14.9. The Kier molecular flexibility index (Phi) is 3.55. The number of benzene rings is 1. The van der Waals surface area contributed by atoms with E-state index in [1.54, 1.807) is 0 Å². The monoisotopic (exact) mass is 293 g/mol. The molecule has 0 amide bonds. The Hall–Kier alpha value is -2.08. The van der Waals surface area contributed by atoms with Gasteiger partial charge >= 0.3 is 6.18 Å². The van der Waals surface area contributed by atoms with Gasteiger partial charge in [0.2, 0.25) is 0 Å². The molecule has 0 fully saturated rings. The summed E-state index contributed by atoms with van der Waals surface area (Å²) in [5.74, 6) is 0.225. The number of fused-ring (bicyclic) bond motifs is 1. The van der Waals surface area contributed by atoms with Crippen LogP contribution in [0.5, 0.6) is 0 Å². The zero-order valence-electron chi connectivity index (χ0n) is 11.2. The Morgan fingerprint density at radius 2 is 1.90 bits per heavy atom. The molecule has 1 aliphatic heterocycles. The molecule has 1 aromatic heterocycles. The molecule has 0 unspecified atom stereocenters. The third kappa shape index (κ3) is 3.16. The van der Waals surface area contributed by atoms with Crippen LogP contribution in [0, 0.1) is 0 Å². The standard InChI is InChI=1S/C15H14F3N3/c16-15(17,18)13-3-4-20-14(6-13)21-7-10-1-2-11-8-19-9-12(11)5-10/h1-6,19H,7-9H2,(H,20,21). The molecule has 0 saturated heterocycles. The highest BCUT2D eigenvalue weighted by atomic mass is 19.4. The van der Waals surface area contributed by atoms with E-state index in [0.717, 1.165) is 37.0 Å². The van der Waals surface area contributed by atoms with Crippen LogP contribution in [-0.4, -0.2) is 4.98 Å². The largest absolute Gasteiger partial charge is 0.416 e. The van der Waals surface area contributed by atoms with Crippen LogP contribution in [0.3, 0.4) is 0 Å². The number of aromatic nitrogens is 1. The van der Waals surface area contributed by atoms with Crippen molar-refractivity contribution in [3.63, 3.8) is 0 Å². The van der Waals surface area contributed by atoms with E-state index < -0.39 is 11.7 Å². The second kappa shape index (κ2) is 5.37. The second-order valence-corrected chi connectivity index (χ2v) is 4.99. The molecule has 21 heavy (non-hydrogen) atoms. The number of alkyl halides is 3. The molecule has 3 nitrogen and oxygen atoms in total. The van der Waals surface area contributed by atoms with E-state index in [-0.39, 0.29) is 5.82 Å². The van der Waals surface area contributed by atoms with Crippen molar-refractivity contribution >= 4 is 5.82 Å². The molecule has 1 aromatic carbocycles. The van der Waals surface area contributed by atoms with Crippen LogP contribution in [0.15, 0.2) is 36.5 Å². The summed E-state index contributed by atoms with van der Waals surface area (Å²) in [6.07, 6.45) is -3.18. The lowest BCUT2D eigenvalue weighted by atomic mass is 10.1. The maximum atomic E-state index is 12.6. The average Bonchev–Trinajstić information content (AvgIpc) is 2.92. The molecule has 0 aliphatic carbocycles. The number of hydrogen-bond acceptors (Lipinski definition) is 3. The van der Waals surface area contributed by atoms with Crippen molar-refractivity contribution in [2.75, 3.05) is 5.32 Å². The van der Waals surface area contributed by atoms with Crippen LogP contribution in [-0.2, 0) is 25.8 Å². The van der Waals surface area contributed by atoms with Gasteiger partial charge in [-0.3, -0.25) is 0 Å². The number of halogens is 3. The summed E-state index contributed by atoms with van der Waals surface area (Å²) in [5.41, 5.74) is 2.84. The summed E-state index contributed by atoms with van der Waals surface area (Å²) in [7, 11) is 0. The molecule has 2 N–H and O–H groups in total. The first-order valence-corrected chi connectivity index (χ1v) is 6.61. The van der Waals surface area contributed by atoms with Crippen LogP contribution in [0.1, 0.15) is 22.3 Å². The van der Waals surface area contributed by atoms with Gasteiger partial charge in [-0.1, -0.05) is 18.2 Å². The minimum atomic E-state index is -4.35. The van der Waals surface area contributed by atoms with Crippen LogP contribution in [0.25, 0.3) is 0 Å². The highest BCUT2D eigenvalue weighted by Crippen LogP contribution is 2.30. The molecule has 0 bridgehead atoms. The Bertz CT molecular complexity index is 653. The highest BCUT2D eigenvalue weighted by Gasteiger charge is 2.30. The Labute approximate surface area is 120 Å². The fourth-order valence-electron chi connectivity index (χ4n) is 2.35. The van der Waals surface area contributed by atoms with Gasteiger partial charge in [-0.2, -0.15) is 13.2 Å². The first-order valence-electron chi connectivity index (χ1n) is 6.61. The summed E-state index contributed by atoms with van der Waals surface area (Å²) >= 11 is 0. The molecule has 6 heteroatoms. The van der Waals surface area contributed by atoms with Crippen LogP contribution < -0.4 is 10.6 Å². The van der Waals surface area contributed by atoms with E-state index in [9.17, 15) is 13.2 Å². The minimum Gasteiger partial charge on any atom is -0.366 e. The number of pyridine rings is 1. The number of rotatable bonds is 3. The van der Waals surface area contributed by atoms with E-state index in [4.69, 9.17) is 0 Å². The quantitative estimate of drug-likeness (QED) is 0.911. The molecular weight excluding hydrogens is 279 g/mol. The van der Waals surface area contributed by atoms with Gasteiger partial charge in [0.05, 0.1) is 5.56 Å². The summed E-state index contributed by atoms with van der Waals surface area (Å²) in [4.78, 5) is 3.92. The van der Waals surface area contributed by atoms with E-state index >= 15 is 0 Å². The molecular formula is C15H14F3N3. The average molecular weight is 293 g/mol. The van der Waals surface area contributed by atoms with Crippen LogP contribution in [0.4, 0.5) is 19.0 Å². The molecule has 1 aliphatic rings. The highest BCUT2D eigenvalue weighted by molar-refractivity contribution is 5.41. The molecule has 2 aromatic rings. The van der Waals surface area contributed by atoms with Crippen molar-refractivity contribution in [2.45, 2.75) is 25.8 Å². The summed E-state index contributed by atoms with van der Waals surface area (Å²) in [6.45, 7) is 2.16. The zero-order valence-corrected chi connectivity index (χ0v) is 11.2. The van der Waals surface area contributed by atoms with Crippen molar-refractivity contribution in [2.24, 2.45) is 0 Å². The topological polar surface area (TPSA) is 37.0 Å². The van der Waals surface area contributed by atoms with Gasteiger partial charge in [0.1, 0.15) is 5.82 Å². The van der Waals surface area contributed by atoms with Crippen molar-refractivity contribution < 1.29 is 13.2 Å². The van der Waals surface area contributed by atoms with Gasteiger partial charge < -0.3 is 10.6 Å². The molecule has 110 valence electrons. The normalized spacial score (nSPS) is 14.0. The predicted octanol–water partition coefficient (Wildman–Crippen LogP) is 3.32. The SMILES string of the molecule is FC(F)(F)c1ccnc(NCc2ccc3c(c2)CNC3)c1. The number of nitrogens with zero attached hydrogens (tertiary/aromatic N) is 1. The van der Waals surface area contributed by atoms with Crippen LogP contribution >= 0.6 is 0 Å². The molecule has 3 rings (SSSR count). The summed E-state index contributed by atoms with van der Waals surface area (Å²) in [6, 6.07) is 8.08. The number of anilines is 1. The Morgan fingerprint density at radius 3 is 2.71 bits per heavy atom. The lowest BCUT2D eigenvalue weighted by Gasteiger charge is -2.10. The van der Waals surface area contributed by atoms with Crippen molar-refractivity contribution in [3.05, 3.63) is 58.8 Å². The van der Waals surface area contributed by atoms with Crippen molar-refractivity contribution in [1.82, 2.24) is 10.3 Å². The third-order valence-electron chi connectivity index (χ3n) is 3.46. The van der Waals surface area contributed by atoms with Crippen molar-refractivity contribution in [3.8, 4) is 0 Å². The van der Waals surface area contributed by atoms with E-state index in [1.807, 2.05) is 12.1 Å². The molecule has 0 saturated carbocycles. The second-order valence-electron chi connectivity index (χ2n) is 4.99. The van der Waals surface area contributed by atoms with Gasteiger partial charge in [0.15, 0.2) is 0 Å². The summed E-state index contributed by atoms with van der Waals surface area (Å²) < 4.78 is 37.9. The Morgan fingerprint density at radius 1 is 1.10 bits per heavy atom. The first kappa shape index (κ1) is 13.9. The maximum Gasteiger partial charge on any atom is 0.416 e. The first-order chi connectivity index (χ1) is 10.0. The van der Waals surface area contributed by atoms with E-state index in [0.29, 0.717) is 6.54 Å². The van der Waals surface area contributed by atoms with E-state index in [2.05, 4.69) is 21.7 Å². The lowest BCUT2D eigenvalue weighted by molar-refractivity contribution is -0.137. The van der Waals surface area contributed by atoms with Gasteiger partial charge in [-0.25, -0.2) is 4.98 Å². The number of nitrogens with one attached hydrogen (secondary N) is 2. The van der Waals surface area contributed by atoms with Gasteiger partial charge in [0, 0.05) is 25.8 Å². The van der Waals surface area contributed by atoms with Gasteiger partial charge in [-0.05, 0) is 28.8 Å². The van der Waals surface area contributed by atoms with Crippen LogP contribution in [0.2, 0.25) is 0 Å². The molecule has 0 spiro atoms. The number of hydrogen-bond donors (Lipinski definition) is 2. The maximum absolute atomic E-state index is 12.6. The van der Waals surface area contributed by atoms with Gasteiger partial charge in [-0.15, -0.1) is 0 Å². The lowest BCUT2D eigenvalue weighted by Crippen LogP contribution is -2.07. The molecule has 0 atom stereocenters. The van der Waals surface area contributed by atoms with Crippen molar-refractivity contribution in [1.29, 1.82) is 0 Å². The summed E-state index contributed by atoms with van der Waals surface area (Å²) in [5, 5.41) is 6.19. The predicted molar refractivity (Wildman–Crippen MR) is 73.6 cm³/mol. The fourth-order valence-corrected chi connectivity index (χ4v) is 2.35. The van der Waals surface area contributed by atoms with E-state index in [1.165, 1.54) is 11.1 Å². The smallest absolute Gasteiger partial charge is 0.366 e. The molecule has 0 radical (unpaired) electrons.